The van der Waals surface area contributed by atoms with E-state index >= 15 is 0 Å². The van der Waals surface area contributed by atoms with Crippen LogP contribution in [0.4, 0.5) is 0 Å². The van der Waals surface area contributed by atoms with Crippen molar-refractivity contribution in [2.75, 3.05) is 7.11 Å². The largest absolute Gasteiger partial charge is 0.497 e. The molecule has 41 heavy (non-hydrogen) atoms. The predicted molar refractivity (Wildman–Crippen MR) is 161 cm³/mol. The number of amides is 1. The summed E-state index contributed by atoms with van der Waals surface area (Å²) in [6.07, 6.45) is 1.45. The topological polar surface area (TPSA) is 92.8 Å². The number of ether oxygens (including phenoxy) is 2. The van der Waals surface area contributed by atoms with E-state index in [-0.39, 0.29) is 0 Å². The van der Waals surface area contributed by atoms with Gasteiger partial charge in [-0.25, -0.2) is 10.2 Å². The third kappa shape index (κ3) is 5.16. The van der Waals surface area contributed by atoms with Crippen LogP contribution in [0, 0.1) is 0 Å². The first-order valence-electron chi connectivity index (χ1n) is 13.0. The molecule has 0 fully saturated rings. The Morgan fingerprint density at radius 1 is 0.780 bits per heavy atom. The molecule has 0 aliphatic rings. The summed E-state index contributed by atoms with van der Waals surface area (Å²) in [5.74, 6) is 0.0419. The molecule has 6 rings (SSSR count). The third-order valence-corrected chi connectivity index (χ3v) is 6.81. The molecular formula is C34H25N3O4. The summed E-state index contributed by atoms with van der Waals surface area (Å²) in [6.45, 7) is 0. The summed E-state index contributed by atoms with van der Waals surface area (Å²) >= 11 is 0. The van der Waals surface area contributed by atoms with Gasteiger partial charge in [0.05, 0.1) is 24.4 Å². The molecule has 0 saturated heterocycles. The summed E-state index contributed by atoms with van der Waals surface area (Å²) in [7, 11) is 1.56. The number of methoxy groups -OCH3 is 1. The van der Waals surface area contributed by atoms with E-state index in [0.717, 1.165) is 32.8 Å². The van der Waals surface area contributed by atoms with Gasteiger partial charge >= 0.3 is 5.97 Å². The molecule has 0 spiro atoms. The molecule has 1 aromatic heterocycles. The van der Waals surface area contributed by atoms with Crippen molar-refractivity contribution in [2.45, 2.75) is 0 Å². The zero-order valence-corrected chi connectivity index (χ0v) is 22.1. The van der Waals surface area contributed by atoms with E-state index in [0.29, 0.717) is 28.3 Å². The molecule has 0 bridgehead atoms. The number of esters is 1. The molecule has 0 aliphatic carbocycles. The molecule has 1 heterocycles. The monoisotopic (exact) mass is 539 g/mol. The number of H-pyrrole nitrogens is 1. The second-order valence-electron chi connectivity index (χ2n) is 9.31. The number of para-hydroxylation sites is 1. The van der Waals surface area contributed by atoms with Crippen LogP contribution >= 0.6 is 0 Å². The van der Waals surface area contributed by atoms with E-state index in [1.165, 1.54) is 6.21 Å². The summed E-state index contributed by atoms with van der Waals surface area (Å²) in [4.78, 5) is 29.5. The predicted octanol–water partition coefficient (Wildman–Crippen LogP) is 6.98. The molecule has 200 valence electrons. The lowest BCUT2D eigenvalue weighted by molar-refractivity contribution is 0.0734. The zero-order chi connectivity index (χ0) is 28.2. The average Bonchev–Trinajstić information content (AvgIpc) is 3.43. The number of hydrogen-bond donors (Lipinski definition) is 2. The maximum Gasteiger partial charge on any atom is 0.343 e. The van der Waals surface area contributed by atoms with Crippen molar-refractivity contribution in [2.24, 2.45) is 5.10 Å². The van der Waals surface area contributed by atoms with Crippen LogP contribution in [-0.4, -0.2) is 30.2 Å². The first-order chi connectivity index (χ1) is 20.1. The summed E-state index contributed by atoms with van der Waals surface area (Å²) < 4.78 is 10.8. The molecule has 0 unspecified atom stereocenters. The Balaban J connectivity index is 1.28. The maximum atomic E-state index is 13.5. The number of carbonyl (C=O) groups excluding carboxylic acids is 2. The normalized spacial score (nSPS) is 11.1. The lowest BCUT2D eigenvalue weighted by Crippen LogP contribution is -2.19. The number of hydrogen-bond acceptors (Lipinski definition) is 5. The van der Waals surface area contributed by atoms with Crippen LogP contribution in [0.15, 0.2) is 120 Å². The van der Waals surface area contributed by atoms with Crippen LogP contribution in [0.25, 0.3) is 32.8 Å². The Labute approximate surface area is 236 Å². The Bertz CT molecular complexity index is 1910. The summed E-state index contributed by atoms with van der Waals surface area (Å²) in [5, 5.41) is 7.24. The second-order valence-corrected chi connectivity index (χ2v) is 9.31. The minimum absolute atomic E-state index is 0.313. The Kier molecular flexibility index (Phi) is 6.99. The van der Waals surface area contributed by atoms with E-state index in [9.17, 15) is 9.59 Å². The van der Waals surface area contributed by atoms with Crippen molar-refractivity contribution in [3.05, 3.63) is 132 Å². The second kappa shape index (κ2) is 11.2. The molecule has 6 aromatic rings. The molecule has 7 nitrogen and oxygen atoms in total. The third-order valence-electron chi connectivity index (χ3n) is 6.81. The van der Waals surface area contributed by atoms with Crippen molar-refractivity contribution in [1.29, 1.82) is 0 Å². The Morgan fingerprint density at radius 2 is 1.51 bits per heavy atom. The van der Waals surface area contributed by atoms with Crippen molar-refractivity contribution in [3.63, 3.8) is 0 Å². The lowest BCUT2D eigenvalue weighted by atomic mass is 9.99. The number of aromatic nitrogens is 1. The van der Waals surface area contributed by atoms with Gasteiger partial charge < -0.3 is 14.5 Å². The number of aromatic amines is 1. The summed E-state index contributed by atoms with van der Waals surface area (Å²) in [5.41, 5.74) is 6.54. The van der Waals surface area contributed by atoms with E-state index in [2.05, 4.69) is 21.6 Å². The standard InChI is InChI=1S/C34H25N3O4/c1-40-26-18-15-24(16-19-26)34(39)41-29-14-8-6-12-25(29)21-35-37-33(38)32-30(23-10-3-2-4-11-23)28-20-17-22-9-5-7-13-27(22)31(28)36-32/h2-21,36H,1H3,(H,37,38). The number of benzene rings is 5. The van der Waals surface area contributed by atoms with Crippen molar-refractivity contribution in [3.8, 4) is 22.6 Å². The van der Waals surface area contributed by atoms with E-state index in [4.69, 9.17) is 9.47 Å². The highest BCUT2D eigenvalue weighted by Crippen LogP contribution is 2.36. The smallest absolute Gasteiger partial charge is 0.343 e. The molecule has 0 aliphatic heterocycles. The van der Waals surface area contributed by atoms with Gasteiger partial charge in [-0.05, 0) is 47.3 Å². The molecular weight excluding hydrogens is 514 g/mol. The molecule has 5 aromatic carbocycles. The molecule has 1 amide bonds. The minimum atomic E-state index is -0.518. The zero-order valence-electron chi connectivity index (χ0n) is 22.1. The van der Waals surface area contributed by atoms with Gasteiger partial charge in [0.15, 0.2) is 0 Å². The minimum Gasteiger partial charge on any atom is -0.497 e. The fourth-order valence-electron chi connectivity index (χ4n) is 4.79. The Morgan fingerprint density at radius 3 is 2.32 bits per heavy atom. The van der Waals surface area contributed by atoms with Crippen molar-refractivity contribution in [1.82, 2.24) is 10.4 Å². The van der Waals surface area contributed by atoms with Gasteiger partial charge in [0, 0.05) is 21.9 Å². The lowest BCUT2D eigenvalue weighted by Gasteiger charge is -2.08. The van der Waals surface area contributed by atoms with Gasteiger partial charge in [-0.1, -0.05) is 78.9 Å². The van der Waals surface area contributed by atoms with Gasteiger partial charge in [-0.15, -0.1) is 0 Å². The van der Waals surface area contributed by atoms with E-state index < -0.39 is 11.9 Å². The number of nitrogens with zero attached hydrogens (tertiary/aromatic N) is 1. The molecule has 2 N–H and O–H groups in total. The fraction of sp³-hybridized carbons (Fsp3) is 0.0294. The molecule has 0 radical (unpaired) electrons. The SMILES string of the molecule is COc1ccc(C(=O)Oc2ccccc2C=NNC(=O)c2[nH]c3c(ccc4ccccc43)c2-c2ccccc2)cc1. The van der Waals surface area contributed by atoms with Crippen molar-refractivity contribution >= 4 is 39.8 Å². The molecule has 0 saturated carbocycles. The van der Waals surface area contributed by atoms with Crippen molar-refractivity contribution < 1.29 is 19.1 Å². The highest BCUT2D eigenvalue weighted by Gasteiger charge is 2.20. The number of hydrazone groups is 1. The average molecular weight is 540 g/mol. The van der Waals surface area contributed by atoms with Crippen LogP contribution in [-0.2, 0) is 0 Å². The number of fused-ring (bicyclic) bond motifs is 3. The highest BCUT2D eigenvalue weighted by molar-refractivity contribution is 6.16. The van der Waals surface area contributed by atoms with Crippen LogP contribution < -0.4 is 14.9 Å². The maximum absolute atomic E-state index is 13.5. The van der Waals surface area contributed by atoms with Crippen LogP contribution in [0.5, 0.6) is 11.5 Å². The quantitative estimate of drug-likeness (QED) is 0.0991. The van der Waals surface area contributed by atoms with Gasteiger partial charge in [0.25, 0.3) is 5.91 Å². The van der Waals surface area contributed by atoms with Crippen LogP contribution in [0.2, 0.25) is 0 Å². The molecule has 7 heteroatoms. The number of rotatable bonds is 7. The van der Waals surface area contributed by atoms with Gasteiger partial charge in [0.2, 0.25) is 0 Å². The number of carbonyl (C=O) groups is 2. The van der Waals surface area contributed by atoms with Crippen LogP contribution in [0.1, 0.15) is 26.4 Å². The highest BCUT2D eigenvalue weighted by atomic mass is 16.5. The van der Waals surface area contributed by atoms with E-state index in [1.807, 2.05) is 60.7 Å². The first-order valence-corrected chi connectivity index (χ1v) is 13.0. The van der Waals surface area contributed by atoms with Gasteiger partial charge in [0.1, 0.15) is 17.2 Å². The molecule has 0 atom stereocenters. The first kappa shape index (κ1) is 25.6. The van der Waals surface area contributed by atoms with Gasteiger partial charge in [-0.3, -0.25) is 4.79 Å². The van der Waals surface area contributed by atoms with Crippen LogP contribution in [0.3, 0.4) is 0 Å². The van der Waals surface area contributed by atoms with Gasteiger partial charge in [-0.2, -0.15) is 5.10 Å². The Hall–Kier alpha value is -5.69. The number of nitrogens with one attached hydrogen (secondary N) is 2. The van der Waals surface area contributed by atoms with E-state index in [1.54, 1.807) is 55.6 Å². The summed E-state index contributed by atoms with van der Waals surface area (Å²) in [6, 6.07) is 35.5. The fourth-order valence-corrected chi connectivity index (χ4v) is 4.79.